The standard InChI is InChI=1S/C32H29ClF3N7O2S/c33-23-21(16-2-3-18(35)28-20(16)17(10-37)29(38)46-28)24(36)25-22-27(23)44-7-6-43(26-14-8-19(26)39-11-14)30(22)41-31(40-25)45-13-32-4-1-5-42(32)12-15(34)9-32/h2-3,14-15,19,26,39H,1,4-9,11-13,38H2/t14?,15-,19?,26?,32+/m1/s1. The van der Waals surface area contributed by atoms with Gasteiger partial charge in [-0.15, -0.1) is 11.3 Å². The van der Waals surface area contributed by atoms with Gasteiger partial charge >= 0.3 is 6.01 Å². The molecule has 0 spiro atoms. The second kappa shape index (κ2) is 10.2. The molecule has 0 radical (unpaired) electrons. The highest BCUT2D eigenvalue weighted by molar-refractivity contribution is 7.23. The Labute approximate surface area is 271 Å². The van der Waals surface area contributed by atoms with E-state index in [1.807, 2.05) is 6.07 Å². The molecule has 14 heteroatoms. The van der Waals surface area contributed by atoms with Gasteiger partial charge in [0.1, 0.15) is 47.6 Å². The van der Waals surface area contributed by atoms with Crippen molar-refractivity contribution >= 4 is 54.7 Å². The number of alkyl halides is 1. The van der Waals surface area contributed by atoms with Gasteiger partial charge in [0, 0.05) is 42.5 Å². The number of nitrogens with one attached hydrogen (secondary N) is 1. The maximum atomic E-state index is 17.1. The summed E-state index contributed by atoms with van der Waals surface area (Å²) in [7, 11) is 0. The number of nitrogen functional groups attached to an aromatic ring is 1. The number of thiophene rings is 1. The van der Waals surface area contributed by atoms with Crippen LogP contribution in [0.25, 0.3) is 32.1 Å². The lowest BCUT2D eigenvalue weighted by Gasteiger charge is -2.43. The first-order valence-corrected chi connectivity index (χ1v) is 16.8. The zero-order chi connectivity index (χ0) is 31.5. The van der Waals surface area contributed by atoms with E-state index in [2.05, 4.69) is 20.1 Å². The second-order valence-electron chi connectivity index (χ2n) is 13.0. The van der Waals surface area contributed by atoms with Crippen LogP contribution in [0.4, 0.5) is 24.0 Å². The molecule has 9 nitrogen and oxygen atoms in total. The third-order valence-corrected chi connectivity index (χ3v) is 12.1. The van der Waals surface area contributed by atoms with Crippen LogP contribution in [0.3, 0.4) is 0 Å². The van der Waals surface area contributed by atoms with Gasteiger partial charge in [0.15, 0.2) is 11.6 Å². The van der Waals surface area contributed by atoms with Crippen LogP contribution in [0.15, 0.2) is 12.1 Å². The van der Waals surface area contributed by atoms with Crippen LogP contribution in [0.2, 0.25) is 5.02 Å². The van der Waals surface area contributed by atoms with Crippen molar-refractivity contribution in [1.82, 2.24) is 20.2 Å². The molecule has 0 amide bonds. The lowest BCUT2D eigenvalue weighted by molar-refractivity contribution is 0.107. The molecule has 7 heterocycles. The molecule has 3 unspecified atom stereocenters. The molecule has 4 aromatic rings. The first-order chi connectivity index (χ1) is 22.3. The van der Waals surface area contributed by atoms with Crippen molar-refractivity contribution in [2.24, 2.45) is 5.92 Å². The first kappa shape index (κ1) is 28.6. The summed E-state index contributed by atoms with van der Waals surface area (Å²) in [5.41, 5.74) is 5.76. The van der Waals surface area contributed by atoms with E-state index in [9.17, 15) is 14.0 Å². The summed E-state index contributed by atoms with van der Waals surface area (Å²) < 4.78 is 59.3. The van der Waals surface area contributed by atoms with E-state index < -0.39 is 23.3 Å². The Hall–Kier alpha value is -3.57. The minimum atomic E-state index is -0.929. The van der Waals surface area contributed by atoms with Gasteiger partial charge in [0.05, 0.1) is 32.8 Å². The van der Waals surface area contributed by atoms with E-state index in [0.717, 1.165) is 43.7 Å². The molecule has 10 rings (SSSR count). The largest absolute Gasteiger partial charge is 0.489 e. The van der Waals surface area contributed by atoms with Gasteiger partial charge in [-0.25, -0.2) is 13.2 Å². The Morgan fingerprint density at radius 1 is 1.26 bits per heavy atom. The molecule has 238 valence electrons. The third-order valence-electron chi connectivity index (χ3n) is 10.7. The summed E-state index contributed by atoms with van der Waals surface area (Å²) in [6.07, 6.45) is 2.24. The fraction of sp³-hybridized carbons (Fsp3) is 0.469. The summed E-state index contributed by atoms with van der Waals surface area (Å²) in [6, 6.07) is 5.04. The normalized spacial score (nSPS) is 28.3. The van der Waals surface area contributed by atoms with Crippen LogP contribution in [-0.4, -0.2) is 78.1 Å². The Balaban J connectivity index is 1.25. The zero-order valence-electron chi connectivity index (χ0n) is 24.6. The molecule has 2 aromatic carbocycles. The van der Waals surface area contributed by atoms with E-state index >= 15 is 4.39 Å². The van der Waals surface area contributed by atoms with Crippen LogP contribution < -0.4 is 25.4 Å². The van der Waals surface area contributed by atoms with Crippen LogP contribution in [0.5, 0.6) is 11.8 Å². The Morgan fingerprint density at radius 3 is 2.91 bits per heavy atom. The predicted octanol–water partition coefficient (Wildman–Crippen LogP) is 5.41. The van der Waals surface area contributed by atoms with Crippen LogP contribution >= 0.6 is 22.9 Å². The van der Waals surface area contributed by atoms with Crippen molar-refractivity contribution in [2.75, 3.05) is 50.0 Å². The summed E-state index contributed by atoms with van der Waals surface area (Å²) in [5.74, 6) is -0.254. The number of nitrogens with two attached hydrogens (primary N) is 1. The maximum Gasteiger partial charge on any atom is 0.319 e. The molecule has 3 N–H and O–H groups in total. The molecule has 4 saturated heterocycles. The smallest absolute Gasteiger partial charge is 0.319 e. The maximum absolute atomic E-state index is 17.1. The van der Waals surface area contributed by atoms with Crippen molar-refractivity contribution in [3.8, 4) is 29.0 Å². The molecule has 5 aliphatic heterocycles. The van der Waals surface area contributed by atoms with Crippen molar-refractivity contribution in [2.45, 2.75) is 49.5 Å². The quantitative estimate of drug-likeness (QED) is 0.289. The molecule has 2 bridgehead atoms. The molecular formula is C32H29ClF3N7O2S. The molecule has 1 aliphatic carbocycles. The van der Waals surface area contributed by atoms with Gasteiger partial charge < -0.3 is 25.4 Å². The number of rotatable bonds is 5. The highest BCUT2D eigenvalue weighted by Gasteiger charge is 2.52. The van der Waals surface area contributed by atoms with E-state index in [0.29, 0.717) is 36.6 Å². The number of fused-ring (bicyclic) bond motifs is 3. The SMILES string of the molecule is N#Cc1c(N)sc2c(F)ccc(-c3c(Cl)c4c5c(nc(OC[C@@]67CCCN6C[C@H](F)C7)nc5c3F)N(C3C5CNC3C5)CCO4)c12. The number of benzene rings is 2. The Kier molecular flexibility index (Phi) is 6.36. The van der Waals surface area contributed by atoms with Crippen molar-refractivity contribution < 1.29 is 22.6 Å². The number of ether oxygens (including phenoxy) is 2. The predicted molar refractivity (Wildman–Crippen MR) is 169 cm³/mol. The van der Waals surface area contributed by atoms with Gasteiger partial charge in [-0.1, -0.05) is 17.7 Å². The van der Waals surface area contributed by atoms with Crippen LogP contribution in [0.1, 0.15) is 31.2 Å². The van der Waals surface area contributed by atoms with Crippen LogP contribution in [-0.2, 0) is 0 Å². The number of aromatic nitrogens is 2. The minimum Gasteiger partial charge on any atom is -0.489 e. The van der Waals surface area contributed by atoms with E-state index in [1.165, 1.54) is 12.1 Å². The molecule has 6 aliphatic rings. The lowest BCUT2D eigenvalue weighted by Crippen LogP contribution is -2.55. The summed E-state index contributed by atoms with van der Waals surface area (Å²) in [5, 5.41) is 14.1. The van der Waals surface area contributed by atoms with E-state index in [1.54, 1.807) is 0 Å². The summed E-state index contributed by atoms with van der Waals surface area (Å²) in [6.45, 7) is 2.98. The van der Waals surface area contributed by atoms with Crippen molar-refractivity contribution in [1.29, 1.82) is 5.26 Å². The molecule has 1 saturated carbocycles. The topological polar surface area (TPSA) is 113 Å². The number of hydrogen-bond acceptors (Lipinski definition) is 10. The van der Waals surface area contributed by atoms with Gasteiger partial charge in [0.25, 0.3) is 0 Å². The number of nitriles is 1. The van der Waals surface area contributed by atoms with Gasteiger partial charge in [-0.2, -0.15) is 15.2 Å². The molecule has 2 aromatic heterocycles. The molecular weight excluding hydrogens is 639 g/mol. The van der Waals surface area contributed by atoms with Gasteiger partial charge in [0.2, 0.25) is 0 Å². The van der Waals surface area contributed by atoms with E-state index in [4.69, 9.17) is 31.8 Å². The number of nitrogens with zero attached hydrogens (tertiary/aromatic N) is 5. The lowest BCUT2D eigenvalue weighted by atomic mass is 9.79. The van der Waals surface area contributed by atoms with E-state index in [-0.39, 0.29) is 79.4 Å². The monoisotopic (exact) mass is 667 g/mol. The fourth-order valence-corrected chi connectivity index (χ4v) is 9.88. The molecule has 46 heavy (non-hydrogen) atoms. The zero-order valence-corrected chi connectivity index (χ0v) is 26.2. The minimum absolute atomic E-state index is 0.0163. The number of halogens is 4. The average Bonchev–Trinajstić information content (AvgIpc) is 3.84. The number of hydrogen-bond donors (Lipinski definition) is 2. The number of anilines is 2. The van der Waals surface area contributed by atoms with Crippen molar-refractivity contribution in [3.63, 3.8) is 0 Å². The molecule has 5 atom stereocenters. The Bertz CT molecular complexity index is 1990. The van der Waals surface area contributed by atoms with Crippen molar-refractivity contribution in [3.05, 3.63) is 34.4 Å². The third kappa shape index (κ3) is 3.93. The molecule has 5 fully saturated rings. The first-order valence-electron chi connectivity index (χ1n) is 15.6. The highest BCUT2D eigenvalue weighted by atomic mass is 35.5. The van der Waals surface area contributed by atoms with Gasteiger partial charge in [-0.05, 0) is 43.4 Å². The van der Waals surface area contributed by atoms with Crippen LogP contribution in [0, 0.1) is 28.9 Å². The van der Waals surface area contributed by atoms with Gasteiger partial charge in [-0.3, -0.25) is 4.90 Å². The fourth-order valence-electron chi connectivity index (χ4n) is 8.60. The average molecular weight is 668 g/mol. The summed E-state index contributed by atoms with van der Waals surface area (Å²) in [4.78, 5) is 13.8. The highest BCUT2D eigenvalue weighted by Crippen LogP contribution is 2.52. The second-order valence-corrected chi connectivity index (χ2v) is 14.5. The summed E-state index contributed by atoms with van der Waals surface area (Å²) >= 11 is 7.95. The Morgan fingerprint density at radius 2 is 2.13 bits per heavy atom.